The molecule has 3 N–H and O–H groups in total. The Labute approximate surface area is 173 Å². The number of ether oxygens (including phenoxy) is 1. The third-order valence-electron chi connectivity index (χ3n) is 5.92. The summed E-state index contributed by atoms with van der Waals surface area (Å²) in [5.74, 6) is -0.301. The summed E-state index contributed by atoms with van der Waals surface area (Å²) in [7, 11) is 0. The molecule has 2 saturated heterocycles. The van der Waals surface area contributed by atoms with Crippen LogP contribution in [0.2, 0.25) is 0 Å². The molecule has 0 radical (unpaired) electrons. The first-order valence-corrected chi connectivity index (χ1v) is 11.1. The molecule has 164 valence electrons. The summed E-state index contributed by atoms with van der Waals surface area (Å²) in [6, 6.07) is 0. The van der Waals surface area contributed by atoms with Gasteiger partial charge in [-0.15, -0.1) is 0 Å². The Hall–Kier alpha value is -1.89. The zero-order valence-corrected chi connectivity index (χ0v) is 17.5. The van der Waals surface area contributed by atoms with Crippen LogP contribution in [-0.4, -0.2) is 48.2 Å². The maximum Gasteiger partial charge on any atom is 0.303 e. The van der Waals surface area contributed by atoms with Crippen molar-refractivity contribution in [2.24, 2.45) is 11.8 Å². The number of carboxylic acid groups (broad SMARTS) is 1. The molecule has 2 rings (SSSR count). The van der Waals surface area contributed by atoms with E-state index in [1.807, 2.05) is 0 Å². The van der Waals surface area contributed by atoms with E-state index in [1.54, 1.807) is 0 Å². The van der Waals surface area contributed by atoms with Gasteiger partial charge in [0, 0.05) is 25.3 Å². The number of unbranched alkanes of at least 4 members (excludes halogenated alkanes) is 3. The number of allylic oxidation sites excluding steroid dienone is 2. The van der Waals surface area contributed by atoms with Gasteiger partial charge in [-0.25, -0.2) is 0 Å². The van der Waals surface area contributed by atoms with Crippen LogP contribution < -0.4 is 10.6 Å². The maximum atomic E-state index is 12.1. The Kier molecular flexibility index (Phi) is 10.2. The van der Waals surface area contributed by atoms with Crippen LogP contribution in [0.4, 0.5) is 0 Å². The summed E-state index contributed by atoms with van der Waals surface area (Å²) in [4.78, 5) is 34.4. The quantitative estimate of drug-likeness (QED) is 0.303. The van der Waals surface area contributed by atoms with E-state index in [4.69, 9.17) is 9.84 Å². The third kappa shape index (κ3) is 8.17. The zero-order valence-electron chi connectivity index (χ0n) is 17.5. The van der Waals surface area contributed by atoms with Crippen LogP contribution in [0, 0.1) is 11.8 Å². The molecule has 0 aromatic carbocycles. The summed E-state index contributed by atoms with van der Waals surface area (Å²) in [5, 5.41) is 14.3. The number of rotatable bonds is 14. The second kappa shape index (κ2) is 12.6. The second-order valence-corrected chi connectivity index (χ2v) is 8.15. The monoisotopic (exact) mass is 408 g/mol. The van der Waals surface area contributed by atoms with Crippen molar-refractivity contribution >= 4 is 17.8 Å². The average Bonchev–Trinajstić information content (AvgIpc) is 3.29. The van der Waals surface area contributed by atoms with Crippen molar-refractivity contribution in [3.05, 3.63) is 12.2 Å². The number of carbonyl (C=O) groups excluding carboxylic acids is 2. The van der Waals surface area contributed by atoms with Gasteiger partial charge < -0.3 is 20.5 Å². The molecule has 2 amide bonds. The van der Waals surface area contributed by atoms with Crippen molar-refractivity contribution < 1.29 is 24.2 Å². The van der Waals surface area contributed by atoms with E-state index in [0.717, 1.165) is 44.9 Å². The van der Waals surface area contributed by atoms with E-state index in [9.17, 15) is 14.4 Å². The highest BCUT2D eigenvalue weighted by Gasteiger charge is 2.47. The molecule has 7 heteroatoms. The van der Waals surface area contributed by atoms with Gasteiger partial charge in [-0.05, 0) is 44.4 Å². The number of amides is 2. The molecule has 0 spiro atoms. The van der Waals surface area contributed by atoms with E-state index >= 15 is 0 Å². The van der Waals surface area contributed by atoms with Crippen LogP contribution in [0.1, 0.15) is 71.1 Å². The second-order valence-electron chi connectivity index (χ2n) is 8.15. The minimum Gasteiger partial charge on any atom is -0.481 e. The highest BCUT2D eigenvalue weighted by Crippen LogP contribution is 2.44. The van der Waals surface area contributed by atoms with Gasteiger partial charge in [0.2, 0.25) is 11.8 Å². The summed E-state index contributed by atoms with van der Waals surface area (Å²) >= 11 is 0. The van der Waals surface area contributed by atoms with Gasteiger partial charge in [-0.3, -0.25) is 14.4 Å². The highest BCUT2D eigenvalue weighted by atomic mass is 16.5. The fraction of sp³-hybridized carbons (Fsp3) is 0.773. The molecule has 0 aliphatic carbocycles. The summed E-state index contributed by atoms with van der Waals surface area (Å²) < 4.78 is 6.06. The van der Waals surface area contributed by atoms with Gasteiger partial charge in [0.1, 0.15) is 0 Å². The molecular formula is C22H36N2O5. The molecule has 0 aromatic heterocycles. The summed E-state index contributed by atoms with van der Waals surface area (Å²) in [5.41, 5.74) is 0. The van der Waals surface area contributed by atoms with E-state index in [1.165, 1.54) is 0 Å². The Morgan fingerprint density at radius 1 is 0.966 bits per heavy atom. The molecule has 0 saturated carbocycles. The molecule has 2 bridgehead atoms. The van der Waals surface area contributed by atoms with Gasteiger partial charge in [-0.1, -0.05) is 31.9 Å². The van der Waals surface area contributed by atoms with Crippen molar-refractivity contribution in [1.29, 1.82) is 0 Å². The lowest BCUT2D eigenvalue weighted by Crippen LogP contribution is -2.42. The first-order valence-electron chi connectivity index (χ1n) is 11.1. The predicted molar refractivity (Wildman–Crippen MR) is 110 cm³/mol. The fourth-order valence-electron chi connectivity index (χ4n) is 4.32. The number of hydrogen-bond donors (Lipinski definition) is 3. The number of carboxylic acids is 1. The molecule has 0 aromatic rings. The zero-order chi connectivity index (χ0) is 21.1. The summed E-state index contributed by atoms with van der Waals surface area (Å²) in [6.45, 7) is 2.69. The van der Waals surface area contributed by atoms with Gasteiger partial charge in [0.25, 0.3) is 0 Å². The fourth-order valence-corrected chi connectivity index (χ4v) is 4.32. The van der Waals surface area contributed by atoms with Crippen LogP contribution in [0.25, 0.3) is 0 Å². The molecule has 0 unspecified atom stereocenters. The van der Waals surface area contributed by atoms with Crippen molar-refractivity contribution in [3.63, 3.8) is 0 Å². The van der Waals surface area contributed by atoms with Gasteiger partial charge in [0.05, 0.1) is 18.8 Å². The first-order chi connectivity index (χ1) is 14.0. The molecule has 2 fully saturated rings. The van der Waals surface area contributed by atoms with Crippen LogP contribution in [-0.2, 0) is 19.1 Å². The van der Waals surface area contributed by atoms with Crippen LogP contribution >= 0.6 is 0 Å². The molecule has 2 heterocycles. The average molecular weight is 409 g/mol. The van der Waals surface area contributed by atoms with E-state index in [0.29, 0.717) is 31.2 Å². The maximum absolute atomic E-state index is 12.1. The lowest BCUT2D eigenvalue weighted by molar-refractivity contribution is -0.137. The van der Waals surface area contributed by atoms with Crippen LogP contribution in [0.3, 0.4) is 0 Å². The van der Waals surface area contributed by atoms with Crippen LogP contribution in [0.5, 0.6) is 0 Å². The number of fused-ring (bicyclic) bond motifs is 2. The highest BCUT2D eigenvalue weighted by molar-refractivity contribution is 5.84. The van der Waals surface area contributed by atoms with E-state index < -0.39 is 5.97 Å². The van der Waals surface area contributed by atoms with Crippen molar-refractivity contribution in [2.45, 2.75) is 83.3 Å². The van der Waals surface area contributed by atoms with E-state index in [2.05, 4.69) is 29.7 Å². The van der Waals surface area contributed by atoms with E-state index in [-0.39, 0.29) is 37.0 Å². The normalized spacial score (nSPS) is 25.4. The topological polar surface area (TPSA) is 105 Å². The SMILES string of the molecule is CCCCCC(=O)NCC(=O)NC[C@H]1[C@@H](C/C=C\CCCC(=O)O)[C@H]2CC[C@@H]1O2. The summed E-state index contributed by atoms with van der Waals surface area (Å²) in [6.07, 6.45) is 12.7. The minimum absolute atomic E-state index is 0.0285. The Morgan fingerprint density at radius 2 is 1.72 bits per heavy atom. The predicted octanol–water partition coefficient (Wildman–Crippen LogP) is 2.79. The smallest absolute Gasteiger partial charge is 0.303 e. The largest absolute Gasteiger partial charge is 0.481 e. The Morgan fingerprint density at radius 3 is 2.45 bits per heavy atom. The first kappa shape index (κ1) is 23.4. The minimum atomic E-state index is -0.757. The molecule has 29 heavy (non-hydrogen) atoms. The van der Waals surface area contributed by atoms with Crippen molar-refractivity contribution in [1.82, 2.24) is 10.6 Å². The van der Waals surface area contributed by atoms with Crippen molar-refractivity contribution in [2.75, 3.05) is 13.1 Å². The number of nitrogens with one attached hydrogen (secondary N) is 2. The lowest BCUT2D eigenvalue weighted by atomic mass is 9.77. The van der Waals surface area contributed by atoms with Gasteiger partial charge in [-0.2, -0.15) is 0 Å². The van der Waals surface area contributed by atoms with Crippen molar-refractivity contribution in [3.8, 4) is 0 Å². The molecule has 2 aliphatic rings. The van der Waals surface area contributed by atoms with Crippen LogP contribution in [0.15, 0.2) is 12.2 Å². The molecular weight excluding hydrogens is 372 g/mol. The number of carbonyl (C=O) groups is 3. The molecule has 7 nitrogen and oxygen atoms in total. The molecule has 2 aliphatic heterocycles. The number of aliphatic carboxylic acids is 1. The lowest BCUT2D eigenvalue weighted by Gasteiger charge is -2.27. The van der Waals surface area contributed by atoms with Gasteiger partial charge >= 0.3 is 5.97 Å². The molecule has 4 atom stereocenters. The third-order valence-corrected chi connectivity index (χ3v) is 5.92. The Bertz CT molecular complexity index is 578. The standard InChI is InChI=1S/C22H36N2O5/c1-2-3-6-10-20(25)24-15-21(26)23-14-17-16(18-12-13-19(17)29-18)9-7-4-5-8-11-22(27)28/h4,7,16-19H,2-3,5-6,8-15H2,1H3,(H,23,26)(H,24,25)(H,27,28)/b7-4-/t16-,17+,18-,19+/m1/s1. The Balaban J connectivity index is 1.68. The van der Waals surface area contributed by atoms with Gasteiger partial charge in [0.15, 0.2) is 0 Å². The number of hydrogen-bond acceptors (Lipinski definition) is 4.